The topological polar surface area (TPSA) is 24.5 Å². The molecule has 0 rings (SSSR count). The van der Waals surface area contributed by atoms with Crippen LogP contribution in [0.25, 0.3) is 0 Å². The highest BCUT2D eigenvalue weighted by molar-refractivity contribution is 4.52. The summed E-state index contributed by atoms with van der Waals surface area (Å²) in [6, 6.07) is 0. The number of nitrogens with one attached hydrogen (secondary N) is 1. The largest absolute Gasteiger partial charge is 0.376 e. The maximum atomic E-state index is 5.49. The molecule has 1 atom stereocenters. The Morgan fingerprint density at radius 2 is 2.09 bits per heavy atom. The molecule has 68 valence electrons. The molecular weight excluding hydrogens is 140 g/mol. The lowest BCUT2D eigenvalue weighted by molar-refractivity contribution is 0.0573. The highest BCUT2D eigenvalue weighted by Crippen LogP contribution is 1.87. The van der Waals surface area contributed by atoms with E-state index in [4.69, 9.17) is 4.74 Å². The molecule has 0 radical (unpaired) electrons. The van der Waals surface area contributed by atoms with Crippen LogP contribution in [-0.4, -0.2) is 51.8 Å². The molecule has 0 fully saturated rings. The molecule has 0 aromatic heterocycles. The van der Waals surface area contributed by atoms with E-state index in [-0.39, 0.29) is 0 Å². The van der Waals surface area contributed by atoms with Gasteiger partial charge >= 0.3 is 0 Å². The van der Waals surface area contributed by atoms with E-state index in [1.165, 1.54) is 0 Å². The predicted octanol–water partition coefficient (Wildman–Crippen LogP) is 0.173. The van der Waals surface area contributed by atoms with Crippen molar-refractivity contribution in [2.75, 3.05) is 40.8 Å². The number of likely N-dealkylation sites (N-methyl/N-ethyl adjacent to an activating group) is 2. The quantitative estimate of drug-likeness (QED) is 0.599. The van der Waals surface area contributed by atoms with E-state index in [0.717, 1.165) is 19.7 Å². The number of hydrogen-bond donors (Lipinski definition) is 1. The first kappa shape index (κ1) is 10.9. The zero-order chi connectivity index (χ0) is 8.69. The van der Waals surface area contributed by atoms with Crippen LogP contribution < -0.4 is 5.32 Å². The SMILES string of the molecule is CNCC(C)OCCN(C)C. The van der Waals surface area contributed by atoms with Gasteiger partial charge in [0.25, 0.3) is 0 Å². The number of hydrogen-bond acceptors (Lipinski definition) is 3. The van der Waals surface area contributed by atoms with Crippen molar-refractivity contribution in [2.45, 2.75) is 13.0 Å². The first-order valence-electron chi connectivity index (χ1n) is 4.07. The molecule has 0 saturated carbocycles. The minimum atomic E-state index is 0.319. The van der Waals surface area contributed by atoms with Crippen LogP contribution in [0, 0.1) is 0 Å². The van der Waals surface area contributed by atoms with Gasteiger partial charge in [0.1, 0.15) is 0 Å². The second-order valence-corrected chi connectivity index (χ2v) is 3.04. The summed E-state index contributed by atoms with van der Waals surface area (Å²) in [5.74, 6) is 0. The molecule has 1 N–H and O–H groups in total. The highest BCUT2D eigenvalue weighted by Gasteiger charge is 1.99. The van der Waals surface area contributed by atoms with E-state index in [9.17, 15) is 0 Å². The molecule has 3 heteroatoms. The van der Waals surface area contributed by atoms with Gasteiger partial charge in [-0.1, -0.05) is 0 Å². The summed E-state index contributed by atoms with van der Waals surface area (Å²) in [5.41, 5.74) is 0. The third kappa shape index (κ3) is 7.78. The van der Waals surface area contributed by atoms with Crippen molar-refractivity contribution in [1.29, 1.82) is 0 Å². The summed E-state index contributed by atoms with van der Waals surface area (Å²) in [6.07, 6.45) is 0.319. The molecule has 11 heavy (non-hydrogen) atoms. The molecule has 0 heterocycles. The van der Waals surface area contributed by atoms with Gasteiger partial charge in [0.05, 0.1) is 12.7 Å². The van der Waals surface area contributed by atoms with Gasteiger partial charge < -0.3 is 15.0 Å². The fourth-order valence-electron chi connectivity index (χ4n) is 0.783. The van der Waals surface area contributed by atoms with Crippen LogP contribution in [0.5, 0.6) is 0 Å². The molecule has 0 saturated heterocycles. The molecule has 0 spiro atoms. The smallest absolute Gasteiger partial charge is 0.0671 e. The second kappa shape index (κ2) is 6.58. The van der Waals surface area contributed by atoms with Crippen molar-refractivity contribution < 1.29 is 4.74 Å². The maximum absolute atomic E-state index is 5.49. The van der Waals surface area contributed by atoms with Gasteiger partial charge in [0.15, 0.2) is 0 Å². The zero-order valence-electron chi connectivity index (χ0n) is 8.05. The highest BCUT2D eigenvalue weighted by atomic mass is 16.5. The van der Waals surface area contributed by atoms with E-state index < -0.39 is 0 Å². The normalized spacial score (nSPS) is 13.9. The summed E-state index contributed by atoms with van der Waals surface area (Å²) in [7, 11) is 6.03. The minimum Gasteiger partial charge on any atom is -0.376 e. The van der Waals surface area contributed by atoms with Gasteiger partial charge in [-0.05, 0) is 28.1 Å². The molecule has 0 aromatic rings. The fourth-order valence-corrected chi connectivity index (χ4v) is 0.783. The predicted molar refractivity (Wildman–Crippen MR) is 47.9 cm³/mol. The van der Waals surface area contributed by atoms with Gasteiger partial charge in [0.2, 0.25) is 0 Å². The Hall–Kier alpha value is -0.120. The summed E-state index contributed by atoms with van der Waals surface area (Å²) in [6.45, 7) is 4.81. The Bertz CT molecular complexity index is 86.2. The molecule has 0 bridgehead atoms. The van der Waals surface area contributed by atoms with E-state index in [1.54, 1.807) is 0 Å². The Balaban J connectivity index is 3.10. The Morgan fingerprint density at radius 1 is 1.45 bits per heavy atom. The van der Waals surface area contributed by atoms with Crippen molar-refractivity contribution in [3.63, 3.8) is 0 Å². The van der Waals surface area contributed by atoms with Crippen molar-refractivity contribution in [2.24, 2.45) is 0 Å². The summed E-state index contributed by atoms with van der Waals surface area (Å²) in [5, 5.41) is 3.07. The van der Waals surface area contributed by atoms with Crippen LogP contribution in [-0.2, 0) is 4.74 Å². The van der Waals surface area contributed by atoms with Crippen LogP contribution in [0.1, 0.15) is 6.92 Å². The van der Waals surface area contributed by atoms with Crippen molar-refractivity contribution >= 4 is 0 Å². The Morgan fingerprint density at radius 3 is 2.55 bits per heavy atom. The van der Waals surface area contributed by atoms with Crippen molar-refractivity contribution in [3.8, 4) is 0 Å². The van der Waals surface area contributed by atoms with Crippen molar-refractivity contribution in [3.05, 3.63) is 0 Å². The molecule has 0 amide bonds. The first-order valence-corrected chi connectivity index (χ1v) is 4.07. The second-order valence-electron chi connectivity index (χ2n) is 3.04. The monoisotopic (exact) mass is 160 g/mol. The number of rotatable bonds is 6. The number of ether oxygens (including phenoxy) is 1. The van der Waals surface area contributed by atoms with Crippen LogP contribution >= 0.6 is 0 Å². The molecule has 1 unspecified atom stereocenters. The van der Waals surface area contributed by atoms with Gasteiger partial charge in [-0.3, -0.25) is 0 Å². The van der Waals surface area contributed by atoms with Crippen LogP contribution in [0.2, 0.25) is 0 Å². The first-order chi connectivity index (χ1) is 5.16. The van der Waals surface area contributed by atoms with E-state index in [0.29, 0.717) is 6.10 Å². The van der Waals surface area contributed by atoms with Crippen LogP contribution in [0.15, 0.2) is 0 Å². The van der Waals surface area contributed by atoms with Gasteiger partial charge in [-0.25, -0.2) is 0 Å². The molecular formula is C8H20N2O. The average Bonchev–Trinajstić information content (AvgIpc) is 1.87. The van der Waals surface area contributed by atoms with Crippen molar-refractivity contribution in [1.82, 2.24) is 10.2 Å². The third-order valence-electron chi connectivity index (χ3n) is 1.43. The van der Waals surface area contributed by atoms with Crippen LogP contribution in [0.3, 0.4) is 0 Å². The van der Waals surface area contributed by atoms with Crippen LogP contribution in [0.4, 0.5) is 0 Å². The Labute approximate surface area is 69.7 Å². The van der Waals surface area contributed by atoms with E-state index in [1.807, 2.05) is 21.1 Å². The summed E-state index contributed by atoms with van der Waals surface area (Å²) >= 11 is 0. The zero-order valence-corrected chi connectivity index (χ0v) is 8.05. The third-order valence-corrected chi connectivity index (χ3v) is 1.43. The Kier molecular flexibility index (Phi) is 6.51. The van der Waals surface area contributed by atoms with Gasteiger partial charge in [-0.2, -0.15) is 0 Å². The molecule has 3 nitrogen and oxygen atoms in total. The minimum absolute atomic E-state index is 0.319. The fraction of sp³-hybridized carbons (Fsp3) is 1.00. The average molecular weight is 160 g/mol. The van der Waals surface area contributed by atoms with Gasteiger partial charge in [-0.15, -0.1) is 0 Å². The molecule has 0 aliphatic rings. The summed E-state index contributed by atoms with van der Waals surface area (Å²) < 4.78 is 5.49. The van der Waals surface area contributed by atoms with Gasteiger partial charge in [0, 0.05) is 13.1 Å². The van der Waals surface area contributed by atoms with E-state index >= 15 is 0 Å². The lowest BCUT2D eigenvalue weighted by Crippen LogP contribution is -2.27. The lowest BCUT2D eigenvalue weighted by Gasteiger charge is -2.14. The summed E-state index contributed by atoms with van der Waals surface area (Å²) in [4.78, 5) is 2.12. The number of nitrogens with zero attached hydrogens (tertiary/aromatic N) is 1. The molecule has 0 aromatic carbocycles. The maximum Gasteiger partial charge on any atom is 0.0671 e. The lowest BCUT2D eigenvalue weighted by atomic mass is 10.4. The van der Waals surface area contributed by atoms with E-state index in [2.05, 4.69) is 17.1 Å². The molecule has 0 aliphatic carbocycles. The molecule has 0 aliphatic heterocycles. The standard InChI is InChI=1S/C8H20N2O/c1-8(7-9-2)11-6-5-10(3)4/h8-9H,5-7H2,1-4H3.